The van der Waals surface area contributed by atoms with Gasteiger partial charge < -0.3 is 15.4 Å². The van der Waals surface area contributed by atoms with Gasteiger partial charge in [-0.25, -0.2) is 8.78 Å². The molecule has 0 bridgehead atoms. The smallest absolute Gasteiger partial charge is 0.255 e. The number of nitrogens with one attached hydrogen (secondary N) is 1. The minimum Gasteiger partial charge on any atom is -0.497 e. The van der Waals surface area contributed by atoms with Crippen LogP contribution in [0, 0.1) is 5.41 Å². The molecule has 0 saturated heterocycles. The van der Waals surface area contributed by atoms with Gasteiger partial charge in [0, 0.05) is 18.7 Å². The third kappa shape index (κ3) is 3.30. The predicted octanol–water partition coefficient (Wildman–Crippen LogP) is 1.68. The number of amidine groups is 1. The van der Waals surface area contributed by atoms with Gasteiger partial charge in [0.2, 0.25) is 0 Å². The minimum atomic E-state index is -2.45. The molecule has 0 aliphatic heterocycles. The van der Waals surface area contributed by atoms with Gasteiger partial charge in [0.1, 0.15) is 11.6 Å². The molecule has 0 saturated carbocycles. The van der Waals surface area contributed by atoms with E-state index in [4.69, 9.17) is 15.9 Å². The lowest BCUT2D eigenvalue weighted by molar-refractivity contribution is 0.156. The highest BCUT2D eigenvalue weighted by Gasteiger charge is 2.14. The predicted molar refractivity (Wildman–Crippen MR) is 63.3 cm³/mol. The number of alkyl halides is 2. The zero-order valence-electron chi connectivity index (χ0n) is 9.71. The fraction of sp³-hybridized carbons (Fsp3) is 0.364. The molecule has 0 spiro atoms. The Labute approximate surface area is 98.5 Å². The molecule has 4 nitrogen and oxygen atoms in total. The second kappa shape index (κ2) is 5.47. The fourth-order valence-corrected chi connectivity index (χ4v) is 1.49. The highest BCUT2D eigenvalue weighted by atomic mass is 19.3. The molecule has 0 heterocycles. The van der Waals surface area contributed by atoms with E-state index < -0.39 is 13.0 Å². The maximum absolute atomic E-state index is 12.3. The SMILES string of the molecule is COc1ccc(C(=N)N)c(N(C)CC(F)F)c1. The summed E-state index contributed by atoms with van der Waals surface area (Å²) in [5.41, 5.74) is 6.27. The van der Waals surface area contributed by atoms with Gasteiger partial charge >= 0.3 is 0 Å². The lowest BCUT2D eigenvalue weighted by Gasteiger charge is -2.22. The fourth-order valence-electron chi connectivity index (χ4n) is 1.49. The molecule has 0 unspecified atom stereocenters. The van der Waals surface area contributed by atoms with Crippen LogP contribution in [0.4, 0.5) is 14.5 Å². The quantitative estimate of drug-likeness (QED) is 0.611. The zero-order valence-corrected chi connectivity index (χ0v) is 9.71. The van der Waals surface area contributed by atoms with Gasteiger partial charge in [-0.1, -0.05) is 0 Å². The molecule has 0 fully saturated rings. The second-order valence-electron chi connectivity index (χ2n) is 3.57. The van der Waals surface area contributed by atoms with Gasteiger partial charge in [0.05, 0.1) is 19.3 Å². The second-order valence-corrected chi connectivity index (χ2v) is 3.57. The first-order valence-corrected chi connectivity index (χ1v) is 4.97. The van der Waals surface area contributed by atoms with Crippen LogP contribution >= 0.6 is 0 Å². The average molecular weight is 243 g/mol. The van der Waals surface area contributed by atoms with Crippen molar-refractivity contribution in [1.29, 1.82) is 5.41 Å². The normalized spacial score (nSPS) is 10.4. The van der Waals surface area contributed by atoms with Gasteiger partial charge in [-0.15, -0.1) is 0 Å². The molecule has 0 radical (unpaired) electrons. The molecular formula is C11H15F2N3O. The maximum atomic E-state index is 12.3. The number of nitrogen functional groups attached to an aromatic ring is 1. The molecule has 6 heteroatoms. The molecule has 0 aliphatic rings. The van der Waals surface area contributed by atoms with E-state index in [-0.39, 0.29) is 5.84 Å². The lowest BCUT2D eigenvalue weighted by Crippen LogP contribution is -2.27. The number of anilines is 1. The number of rotatable bonds is 5. The first kappa shape index (κ1) is 13.2. The molecule has 0 aromatic heterocycles. The largest absolute Gasteiger partial charge is 0.497 e. The Bertz CT molecular complexity index is 410. The Hall–Kier alpha value is -1.85. The number of nitrogens with zero attached hydrogens (tertiary/aromatic N) is 1. The lowest BCUT2D eigenvalue weighted by atomic mass is 10.1. The summed E-state index contributed by atoms with van der Waals surface area (Å²) in [5.74, 6) is 0.370. The number of benzene rings is 1. The van der Waals surface area contributed by atoms with Gasteiger partial charge in [0.25, 0.3) is 6.43 Å². The molecule has 3 N–H and O–H groups in total. The van der Waals surface area contributed by atoms with E-state index in [1.807, 2.05) is 0 Å². The van der Waals surface area contributed by atoms with Crippen molar-refractivity contribution in [3.8, 4) is 5.75 Å². The Balaban J connectivity index is 3.12. The number of methoxy groups -OCH3 is 1. The van der Waals surface area contributed by atoms with Crippen LogP contribution in [0.3, 0.4) is 0 Å². The topological polar surface area (TPSA) is 62.3 Å². The summed E-state index contributed by atoms with van der Waals surface area (Å²) in [7, 11) is 3.01. The third-order valence-electron chi connectivity index (χ3n) is 2.32. The van der Waals surface area contributed by atoms with E-state index in [0.29, 0.717) is 17.0 Å². The van der Waals surface area contributed by atoms with Crippen molar-refractivity contribution in [2.24, 2.45) is 5.73 Å². The van der Waals surface area contributed by atoms with Crippen LogP contribution in [0.1, 0.15) is 5.56 Å². The standard InChI is InChI=1S/C11H15F2N3O/c1-16(6-10(12)13)9-5-7(17-2)3-4-8(9)11(14)15/h3-5,10H,6H2,1-2H3,(H3,14,15). The summed E-state index contributed by atoms with van der Waals surface area (Å²) in [6, 6.07) is 4.80. The van der Waals surface area contributed by atoms with E-state index in [0.717, 1.165) is 0 Å². The van der Waals surface area contributed by atoms with Crippen molar-refractivity contribution in [2.75, 3.05) is 25.6 Å². The Kier molecular flexibility index (Phi) is 4.25. The highest BCUT2D eigenvalue weighted by Crippen LogP contribution is 2.25. The first-order valence-electron chi connectivity index (χ1n) is 4.97. The van der Waals surface area contributed by atoms with Gasteiger partial charge in [-0.05, 0) is 12.1 Å². The zero-order chi connectivity index (χ0) is 13.0. The Morgan fingerprint density at radius 3 is 2.65 bits per heavy atom. The van der Waals surface area contributed by atoms with Crippen molar-refractivity contribution in [3.63, 3.8) is 0 Å². The summed E-state index contributed by atoms with van der Waals surface area (Å²) >= 11 is 0. The molecule has 1 rings (SSSR count). The summed E-state index contributed by atoms with van der Waals surface area (Å²) in [4.78, 5) is 1.35. The summed E-state index contributed by atoms with van der Waals surface area (Å²) < 4.78 is 29.7. The van der Waals surface area contributed by atoms with Crippen LogP contribution < -0.4 is 15.4 Å². The first-order chi connectivity index (χ1) is 7.95. The number of nitrogens with two attached hydrogens (primary N) is 1. The van der Waals surface area contributed by atoms with E-state index in [9.17, 15) is 8.78 Å². The molecule has 1 aromatic carbocycles. The summed E-state index contributed by atoms with van der Waals surface area (Å²) in [5, 5.41) is 7.40. The molecule has 1 aromatic rings. The van der Waals surface area contributed by atoms with E-state index in [1.54, 1.807) is 18.2 Å². The van der Waals surface area contributed by atoms with Crippen molar-refractivity contribution in [2.45, 2.75) is 6.43 Å². The van der Waals surface area contributed by atoms with E-state index >= 15 is 0 Å². The molecule has 0 amide bonds. The maximum Gasteiger partial charge on any atom is 0.255 e. The van der Waals surface area contributed by atoms with Crippen LogP contribution in [0.25, 0.3) is 0 Å². The van der Waals surface area contributed by atoms with E-state index in [1.165, 1.54) is 19.1 Å². The van der Waals surface area contributed by atoms with Crippen molar-refractivity contribution in [1.82, 2.24) is 0 Å². The average Bonchev–Trinajstić information content (AvgIpc) is 2.27. The number of hydrogen-bond donors (Lipinski definition) is 2. The Morgan fingerprint density at radius 2 is 2.18 bits per heavy atom. The number of halogens is 2. The molecular weight excluding hydrogens is 228 g/mol. The minimum absolute atomic E-state index is 0.163. The molecule has 94 valence electrons. The molecule has 0 atom stereocenters. The van der Waals surface area contributed by atoms with Gasteiger partial charge in [0.15, 0.2) is 0 Å². The van der Waals surface area contributed by atoms with Gasteiger partial charge in [-0.3, -0.25) is 5.41 Å². The Morgan fingerprint density at radius 1 is 1.53 bits per heavy atom. The van der Waals surface area contributed by atoms with Crippen molar-refractivity contribution < 1.29 is 13.5 Å². The number of hydrogen-bond acceptors (Lipinski definition) is 3. The van der Waals surface area contributed by atoms with Crippen LogP contribution in [-0.2, 0) is 0 Å². The summed E-state index contributed by atoms with van der Waals surface area (Å²) in [6.45, 7) is -0.423. The molecule has 17 heavy (non-hydrogen) atoms. The monoisotopic (exact) mass is 243 g/mol. The van der Waals surface area contributed by atoms with Gasteiger partial charge in [-0.2, -0.15) is 0 Å². The highest BCUT2D eigenvalue weighted by molar-refractivity contribution is 6.00. The van der Waals surface area contributed by atoms with Crippen LogP contribution in [0.2, 0.25) is 0 Å². The molecule has 0 aliphatic carbocycles. The summed E-state index contributed by atoms with van der Waals surface area (Å²) in [6.07, 6.45) is -2.45. The van der Waals surface area contributed by atoms with Crippen LogP contribution in [0.15, 0.2) is 18.2 Å². The van der Waals surface area contributed by atoms with Crippen molar-refractivity contribution in [3.05, 3.63) is 23.8 Å². The van der Waals surface area contributed by atoms with Crippen LogP contribution in [-0.4, -0.2) is 33.0 Å². The van der Waals surface area contributed by atoms with E-state index in [2.05, 4.69) is 0 Å². The van der Waals surface area contributed by atoms with Crippen LogP contribution in [0.5, 0.6) is 5.75 Å². The van der Waals surface area contributed by atoms with Crippen molar-refractivity contribution >= 4 is 11.5 Å². The number of ether oxygens (including phenoxy) is 1. The third-order valence-corrected chi connectivity index (χ3v) is 2.32.